The van der Waals surface area contributed by atoms with Crippen molar-refractivity contribution in [2.24, 2.45) is 5.92 Å². The second kappa shape index (κ2) is 7.52. The van der Waals surface area contributed by atoms with Crippen molar-refractivity contribution in [1.82, 2.24) is 5.32 Å². The minimum absolute atomic E-state index is 0.0341. The zero-order valence-electron chi connectivity index (χ0n) is 14.0. The van der Waals surface area contributed by atoms with Gasteiger partial charge in [-0.3, -0.25) is 4.79 Å². The molecule has 2 rings (SSSR count). The number of carbonyl (C=O) groups is 1. The molecule has 1 N–H and O–H groups in total. The van der Waals surface area contributed by atoms with Gasteiger partial charge in [-0.1, -0.05) is 19.8 Å². The van der Waals surface area contributed by atoms with Crippen molar-refractivity contribution in [1.29, 1.82) is 0 Å². The minimum Gasteiger partial charge on any atom is -0.493 e. The molecule has 0 aromatic heterocycles. The van der Waals surface area contributed by atoms with Gasteiger partial charge in [-0.15, -0.1) is 0 Å². The molecular weight excluding hydrogens is 278 g/mol. The van der Waals surface area contributed by atoms with Gasteiger partial charge in [0, 0.05) is 11.6 Å². The SMILES string of the molecule is COc1cc(C(=O)N[C@H]2CCCC[C@H]2C)ccc1OC(C)C. The van der Waals surface area contributed by atoms with Crippen LogP contribution in [0.3, 0.4) is 0 Å². The monoisotopic (exact) mass is 305 g/mol. The van der Waals surface area contributed by atoms with Gasteiger partial charge in [-0.25, -0.2) is 0 Å². The van der Waals surface area contributed by atoms with E-state index in [0.717, 1.165) is 6.42 Å². The summed E-state index contributed by atoms with van der Waals surface area (Å²) in [4.78, 5) is 12.5. The number of ether oxygens (including phenoxy) is 2. The van der Waals surface area contributed by atoms with E-state index in [1.165, 1.54) is 19.3 Å². The summed E-state index contributed by atoms with van der Waals surface area (Å²) >= 11 is 0. The molecule has 1 amide bonds. The summed E-state index contributed by atoms with van der Waals surface area (Å²) in [6.07, 6.45) is 4.78. The maximum atomic E-state index is 12.5. The van der Waals surface area contributed by atoms with Crippen molar-refractivity contribution in [3.8, 4) is 11.5 Å². The van der Waals surface area contributed by atoms with Crippen LogP contribution >= 0.6 is 0 Å². The Morgan fingerprint density at radius 1 is 1.23 bits per heavy atom. The van der Waals surface area contributed by atoms with Crippen LogP contribution in [0.2, 0.25) is 0 Å². The number of methoxy groups -OCH3 is 1. The summed E-state index contributed by atoms with van der Waals surface area (Å²) < 4.78 is 11.0. The molecule has 0 aliphatic heterocycles. The molecule has 1 saturated carbocycles. The fourth-order valence-corrected chi connectivity index (χ4v) is 2.94. The van der Waals surface area contributed by atoms with E-state index in [1.54, 1.807) is 25.3 Å². The van der Waals surface area contributed by atoms with Crippen molar-refractivity contribution in [3.63, 3.8) is 0 Å². The van der Waals surface area contributed by atoms with Gasteiger partial charge in [-0.2, -0.15) is 0 Å². The molecule has 1 aliphatic carbocycles. The zero-order chi connectivity index (χ0) is 16.1. The van der Waals surface area contributed by atoms with Gasteiger partial charge in [-0.05, 0) is 50.8 Å². The standard InChI is InChI=1S/C18H27NO3/c1-12(2)22-16-10-9-14(11-17(16)21-4)18(20)19-15-8-6-5-7-13(15)3/h9-13,15H,5-8H2,1-4H3,(H,19,20)/t13-,15+/m1/s1. The second-order valence-corrected chi connectivity index (χ2v) is 6.37. The normalized spacial score (nSPS) is 21.5. The van der Waals surface area contributed by atoms with E-state index in [0.29, 0.717) is 23.0 Å². The molecule has 0 saturated heterocycles. The first-order chi connectivity index (χ1) is 10.5. The molecule has 1 aromatic rings. The molecule has 0 unspecified atom stereocenters. The first kappa shape index (κ1) is 16.7. The Bertz CT molecular complexity index is 513. The third kappa shape index (κ3) is 4.15. The molecule has 22 heavy (non-hydrogen) atoms. The molecule has 1 fully saturated rings. The number of amides is 1. The highest BCUT2D eigenvalue weighted by atomic mass is 16.5. The molecule has 0 spiro atoms. The highest BCUT2D eigenvalue weighted by molar-refractivity contribution is 5.95. The molecule has 0 bridgehead atoms. The lowest BCUT2D eigenvalue weighted by Gasteiger charge is -2.29. The molecule has 0 heterocycles. The number of hydrogen-bond donors (Lipinski definition) is 1. The predicted molar refractivity (Wildman–Crippen MR) is 87.6 cm³/mol. The summed E-state index contributed by atoms with van der Waals surface area (Å²) in [5.41, 5.74) is 0.616. The lowest BCUT2D eigenvalue weighted by molar-refractivity contribution is 0.0910. The van der Waals surface area contributed by atoms with Crippen molar-refractivity contribution < 1.29 is 14.3 Å². The fourth-order valence-electron chi connectivity index (χ4n) is 2.94. The van der Waals surface area contributed by atoms with Crippen molar-refractivity contribution in [2.45, 2.75) is 58.6 Å². The lowest BCUT2D eigenvalue weighted by Crippen LogP contribution is -2.41. The highest BCUT2D eigenvalue weighted by Crippen LogP contribution is 2.29. The van der Waals surface area contributed by atoms with Gasteiger partial charge < -0.3 is 14.8 Å². The van der Waals surface area contributed by atoms with Crippen molar-refractivity contribution >= 4 is 5.91 Å². The summed E-state index contributed by atoms with van der Waals surface area (Å²) in [6.45, 7) is 6.14. The Kier molecular flexibility index (Phi) is 5.69. The number of rotatable bonds is 5. The number of benzene rings is 1. The Labute approximate surface area is 133 Å². The van der Waals surface area contributed by atoms with E-state index in [9.17, 15) is 4.79 Å². The van der Waals surface area contributed by atoms with Gasteiger partial charge in [0.1, 0.15) is 0 Å². The van der Waals surface area contributed by atoms with Crippen LogP contribution in [-0.4, -0.2) is 25.2 Å². The van der Waals surface area contributed by atoms with Gasteiger partial charge in [0.15, 0.2) is 11.5 Å². The van der Waals surface area contributed by atoms with Gasteiger partial charge in [0.2, 0.25) is 0 Å². The Morgan fingerprint density at radius 2 is 1.95 bits per heavy atom. The Hall–Kier alpha value is -1.71. The average Bonchev–Trinajstić information content (AvgIpc) is 2.49. The average molecular weight is 305 g/mol. The number of hydrogen-bond acceptors (Lipinski definition) is 3. The van der Waals surface area contributed by atoms with E-state index >= 15 is 0 Å². The molecule has 122 valence electrons. The maximum absolute atomic E-state index is 12.5. The second-order valence-electron chi connectivity index (χ2n) is 6.37. The van der Waals surface area contributed by atoms with E-state index in [1.807, 2.05) is 13.8 Å². The molecule has 2 atom stereocenters. The van der Waals surface area contributed by atoms with Crippen LogP contribution in [0.15, 0.2) is 18.2 Å². The predicted octanol–water partition coefficient (Wildman–Crippen LogP) is 3.79. The van der Waals surface area contributed by atoms with E-state index < -0.39 is 0 Å². The van der Waals surface area contributed by atoms with Crippen LogP contribution in [-0.2, 0) is 0 Å². The fraction of sp³-hybridized carbons (Fsp3) is 0.611. The van der Waals surface area contributed by atoms with E-state index in [-0.39, 0.29) is 18.1 Å². The summed E-state index contributed by atoms with van der Waals surface area (Å²) in [7, 11) is 1.59. The largest absolute Gasteiger partial charge is 0.493 e. The third-order valence-electron chi connectivity index (χ3n) is 4.22. The highest BCUT2D eigenvalue weighted by Gasteiger charge is 2.23. The summed E-state index contributed by atoms with van der Waals surface area (Å²) in [5.74, 6) is 1.77. The van der Waals surface area contributed by atoms with Gasteiger partial charge >= 0.3 is 0 Å². The zero-order valence-corrected chi connectivity index (χ0v) is 14.0. The van der Waals surface area contributed by atoms with Crippen molar-refractivity contribution in [2.75, 3.05) is 7.11 Å². The number of carbonyl (C=O) groups excluding carboxylic acids is 1. The molecule has 1 aliphatic rings. The van der Waals surface area contributed by atoms with Crippen LogP contribution in [0.5, 0.6) is 11.5 Å². The minimum atomic E-state index is -0.0341. The molecular formula is C18H27NO3. The van der Waals surface area contributed by atoms with Crippen LogP contribution in [0.25, 0.3) is 0 Å². The molecule has 4 heteroatoms. The lowest BCUT2D eigenvalue weighted by atomic mass is 9.86. The quantitative estimate of drug-likeness (QED) is 0.900. The number of nitrogens with one attached hydrogen (secondary N) is 1. The molecule has 4 nitrogen and oxygen atoms in total. The smallest absolute Gasteiger partial charge is 0.251 e. The van der Waals surface area contributed by atoms with Crippen molar-refractivity contribution in [3.05, 3.63) is 23.8 Å². The van der Waals surface area contributed by atoms with Crippen LogP contribution in [0.1, 0.15) is 56.8 Å². The Balaban J connectivity index is 2.09. The molecule has 1 aromatic carbocycles. The van der Waals surface area contributed by atoms with Gasteiger partial charge in [0.25, 0.3) is 5.91 Å². The summed E-state index contributed by atoms with van der Waals surface area (Å²) in [5, 5.41) is 3.16. The van der Waals surface area contributed by atoms with Crippen LogP contribution in [0.4, 0.5) is 0 Å². The third-order valence-corrected chi connectivity index (χ3v) is 4.22. The molecule has 0 radical (unpaired) electrons. The van der Waals surface area contributed by atoms with E-state index in [2.05, 4.69) is 12.2 Å². The first-order valence-corrected chi connectivity index (χ1v) is 8.16. The summed E-state index contributed by atoms with van der Waals surface area (Å²) in [6, 6.07) is 5.63. The topological polar surface area (TPSA) is 47.6 Å². The first-order valence-electron chi connectivity index (χ1n) is 8.16. The van der Waals surface area contributed by atoms with E-state index in [4.69, 9.17) is 9.47 Å². The van der Waals surface area contributed by atoms with Crippen LogP contribution < -0.4 is 14.8 Å². The van der Waals surface area contributed by atoms with Gasteiger partial charge in [0.05, 0.1) is 13.2 Å². The van der Waals surface area contributed by atoms with Crippen LogP contribution in [0, 0.1) is 5.92 Å². The Morgan fingerprint density at radius 3 is 2.59 bits per heavy atom. The maximum Gasteiger partial charge on any atom is 0.251 e.